The van der Waals surface area contributed by atoms with Crippen LogP contribution in [0.25, 0.3) is 22.0 Å². The van der Waals surface area contributed by atoms with E-state index in [1.807, 2.05) is 36.4 Å². The van der Waals surface area contributed by atoms with Gasteiger partial charge in [0, 0.05) is 42.5 Å². The Morgan fingerprint density at radius 3 is 2.30 bits per heavy atom. The zero-order valence-corrected chi connectivity index (χ0v) is 18.4. The van der Waals surface area contributed by atoms with E-state index < -0.39 is 0 Å². The number of nitrogens with zero attached hydrogens (tertiary/aromatic N) is 3. The fourth-order valence-corrected chi connectivity index (χ4v) is 4.00. The average molecular weight is 440 g/mol. The van der Waals surface area contributed by atoms with Crippen LogP contribution in [-0.2, 0) is 9.53 Å². The zero-order chi connectivity index (χ0) is 22.6. The molecular weight excluding hydrogens is 414 g/mol. The van der Waals surface area contributed by atoms with Crippen molar-refractivity contribution in [2.24, 2.45) is 0 Å². The number of amides is 1. The number of nitrogens with one attached hydrogen (secondary N) is 2. The van der Waals surface area contributed by atoms with Crippen LogP contribution >= 0.6 is 0 Å². The Kier molecular flexibility index (Phi) is 5.87. The Bertz CT molecular complexity index is 1270. The van der Waals surface area contributed by atoms with Gasteiger partial charge >= 0.3 is 0 Å². The monoisotopic (exact) mass is 439 g/mol. The SMILES string of the molecule is CC(=O)Nc1ccc(-c2ccc3ncnc(Nc4ccc(N5CCOCC5)cc4)c3c2)cc1. The quantitative estimate of drug-likeness (QED) is 0.463. The summed E-state index contributed by atoms with van der Waals surface area (Å²) < 4.78 is 5.44. The summed E-state index contributed by atoms with van der Waals surface area (Å²) in [5.41, 5.74) is 5.92. The van der Waals surface area contributed by atoms with Crippen LogP contribution in [0.15, 0.2) is 73.1 Å². The third-order valence-electron chi connectivity index (χ3n) is 5.68. The van der Waals surface area contributed by atoms with Crippen molar-refractivity contribution < 1.29 is 9.53 Å². The third kappa shape index (κ3) is 4.78. The highest BCUT2D eigenvalue weighted by Crippen LogP contribution is 2.30. The zero-order valence-electron chi connectivity index (χ0n) is 18.4. The molecule has 1 amide bonds. The smallest absolute Gasteiger partial charge is 0.221 e. The first-order valence-electron chi connectivity index (χ1n) is 11.0. The fourth-order valence-electron chi connectivity index (χ4n) is 4.00. The second-order valence-electron chi connectivity index (χ2n) is 7.98. The van der Waals surface area contributed by atoms with Crippen LogP contribution in [0.5, 0.6) is 0 Å². The highest BCUT2D eigenvalue weighted by atomic mass is 16.5. The Hall–Kier alpha value is -3.97. The summed E-state index contributed by atoms with van der Waals surface area (Å²) in [5, 5.41) is 7.18. The van der Waals surface area contributed by atoms with Crippen molar-refractivity contribution in [2.75, 3.05) is 41.8 Å². The summed E-state index contributed by atoms with van der Waals surface area (Å²) in [4.78, 5) is 22.5. The number of rotatable bonds is 5. The predicted octanol–water partition coefficient (Wildman–Crippen LogP) is 4.84. The minimum absolute atomic E-state index is 0.0840. The molecule has 3 aromatic carbocycles. The highest BCUT2D eigenvalue weighted by Gasteiger charge is 2.11. The van der Waals surface area contributed by atoms with Crippen LogP contribution in [0.3, 0.4) is 0 Å². The van der Waals surface area contributed by atoms with Crippen molar-refractivity contribution in [1.29, 1.82) is 0 Å². The van der Waals surface area contributed by atoms with Gasteiger partial charge in [0.25, 0.3) is 0 Å². The molecule has 0 saturated carbocycles. The van der Waals surface area contributed by atoms with Crippen LogP contribution in [0.4, 0.5) is 22.9 Å². The van der Waals surface area contributed by atoms with E-state index in [0.717, 1.165) is 65.5 Å². The van der Waals surface area contributed by atoms with Gasteiger partial charge in [-0.05, 0) is 59.7 Å². The van der Waals surface area contributed by atoms with Crippen LogP contribution in [-0.4, -0.2) is 42.2 Å². The van der Waals surface area contributed by atoms with Gasteiger partial charge < -0.3 is 20.3 Å². The molecule has 2 heterocycles. The molecule has 0 bridgehead atoms. The molecule has 0 radical (unpaired) electrons. The topological polar surface area (TPSA) is 79.4 Å². The Morgan fingerprint density at radius 1 is 0.879 bits per heavy atom. The maximum Gasteiger partial charge on any atom is 0.221 e. The van der Waals surface area contributed by atoms with Crippen LogP contribution in [0, 0.1) is 0 Å². The molecule has 7 nitrogen and oxygen atoms in total. The van der Waals surface area contributed by atoms with Gasteiger partial charge in [-0.1, -0.05) is 18.2 Å². The normalized spacial score (nSPS) is 13.7. The molecule has 4 aromatic rings. The standard InChI is InChI=1S/C26H25N5O2/c1-18(32)29-21-5-2-19(3-6-21)20-4-11-25-24(16-20)26(28-17-27-25)30-22-7-9-23(10-8-22)31-12-14-33-15-13-31/h2-11,16-17H,12-15H2,1H3,(H,29,32)(H,27,28,30). The van der Waals surface area contributed by atoms with E-state index in [2.05, 4.69) is 55.8 Å². The van der Waals surface area contributed by atoms with Crippen molar-refractivity contribution in [2.45, 2.75) is 6.92 Å². The molecule has 5 rings (SSSR count). The summed E-state index contributed by atoms with van der Waals surface area (Å²) in [6.07, 6.45) is 1.58. The molecular formula is C26H25N5O2. The molecule has 1 fully saturated rings. The van der Waals surface area contributed by atoms with Gasteiger partial charge in [-0.15, -0.1) is 0 Å². The second kappa shape index (κ2) is 9.26. The number of carbonyl (C=O) groups is 1. The van der Waals surface area contributed by atoms with Gasteiger partial charge in [0.1, 0.15) is 12.1 Å². The second-order valence-corrected chi connectivity index (χ2v) is 7.98. The molecule has 1 aliphatic rings. The highest BCUT2D eigenvalue weighted by molar-refractivity contribution is 5.94. The molecule has 33 heavy (non-hydrogen) atoms. The van der Waals surface area contributed by atoms with Crippen molar-refractivity contribution in [3.8, 4) is 11.1 Å². The van der Waals surface area contributed by atoms with Crippen LogP contribution in [0.1, 0.15) is 6.92 Å². The number of ether oxygens (including phenoxy) is 1. The number of carbonyl (C=O) groups excluding carboxylic acids is 1. The van der Waals surface area contributed by atoms with Crippen molar-refractivity contribution in [3.05, 3.63) is 73.1 Å². The number of fused-ring (bicyclic) bond motifs is 1. The number of hydrogen-bond acceptors (Lipinski definition) is 6. The maximum absolute atomic E-state index is 11.3. The van der Waals surface area contributed by atoms with E-state index in [-0.39, 0.29) is 5.91 Å². The molecule has 1 aromatic heterocycles. The van der Waals surface area contributed by atoms with Crippen molar-refractivity contribution >= 4 is 39.7 Å². The molecule has 0 aliphatic carbocycles. The number of aromatic nitrogens is 2. The number of benzene rings is 3. The van der Waals surface area contributed by atoms with E-state index in [4.69, 9.17) is 4.74 Å². The Balaban J connectivity index is 1.40. The molecule has 7 heteroatoms. The van der Waals surface area contributed by atoms with E-state index >= 15 is 0 Å². The average Bonchev–Trinajstić information content (AvgIpc) is 2.85. The molecule has 0 atom stereocenters. The summed E-state index contributed by atoms with van der Waals surface area (Å²) >= 11 is 0. The van der Waals surface area contributed by atoms with E-state index in [0.29, 0.717) is 0 Å². The number of anilines is 4. The van der Waals surface area contributed by atoms with Gasteiger partial charge in [-0.2, -0.15) is 0 Å². The van der Waals surface area contributed by atoms with Crippen LogP contribution in [0.2, 0.25) is 0 Å². The van der Waals surface area contributed by atoms with Crippen molar-refractivity contribution in [3.63, 3.8) is 0 Å². The molecule has 2 N–H and O–H groups in total. The summed E-state index contributed by atoms with van der Waals surface area (Å²) in [6.45, 7) is 4.87. The van der Waals surface area contributed by atoms with Gasteiger partial charge in [0.15, 0.2) is 0 Å². The molecule has 166 valence electrons. The van der Waals surface area contributed by atoms with Crippen LogP contribution < -0.4 is 15.5 Å². The Labute approximate surface area is 192 Å². The summed E-state index contributed by atoms with van der Waals surface area (Å²) in [6, 6.07) is 22.3. The minimum atomic E-state index is -0.0840. The van der Waals surface area contributed by atoms with Gasteiger partial charge in [0.05, 0.1) is 18.7 Å². The maximum atomic E-state index is 11.3. The minimum Gasteiger partial charge on any atom is -0.378 e. The summed E-state index contributed by atoms with van der Waals surface area (Å²) in [5.74, 6) is 0.676. The van der Waals surface area contributed by atoms with E-state index in [9.17, 15) is 4.79 Å². The number of morpholine rings is 1. The lowest BCUT2D eigenvalue weighted by Gasteiger charge is -2.28. The van der Waals surface area contributed by atoms with Gasteiger partial charge in [0.2, 0.25) is 5.91 Å². The Morgan fingerprint density at radius 2 is 1.58 bits per heavy atom. The molecule has 0 spiro atoms. The fraction of sp³-hybridized carbons (Fsp3) is 0.192. The van der Waals surface area contributed by atoms with Gasteiger partial charge in [-0.25, -0.2) is 9.97 Å². The van der Waals surface area contributed by atoms with E-state index in [1.165, 1.54) is 12.6 Å². The molecule has 0 unspecified atom stereocenters. The lowest BCUT2D eigenvalue weighted by atomic mass is 10.0. The van der Waals surface area contributed by atoms with Gasteiger partial charge in [-0.3, -0.25) is 4.79 Å². The largest absolute Gasteiger partial charge is 0.378 e. The van der Waals surface area contributed by atoms with E-state index in [1.54, 1.807) is 6.33 Å². The first-order chi connectivity index (χ1) is 16.2. The number of hydrogen-bond donors (Lipinski definition) is 2. The first kappa shape index (κ1) is 20.9. The lowest BCUT2D eigenvalue weighted by Crippen LogP contribution is -2.36. The molecule has 1 saturated heterocycles. The lowest BCUT2D eigenvalue weighted by molar-refractivity contribution is -0.114. The predicted molar refractivity (Wildman–Crippen MR) is 132 cm³/mol. The first-order valence-corrected chi connectivity index (χ1v) is 11.0. The molecule has 1 aliphatic heterocycles. The third-order valence-corrected chi connectivity index (χ3v) is 5.68. The summed E-state index contributed by atoms with van der Waals surface area (Å²) in [7, 11) is 0. The van der Waals surface area contributed by atoms with Crippen molar-refractivity contribution in [1.82, 2.24) is 9.97 Å².